The number of quaternary nitrogens is 1. The molecule has 0 aliphatic carbocycles. The quantitative estimate of drug-likeness (QED) is 0.262. The van der Waals surface area contributed by atoms with Gasteiger partial charge in [0, 0.05) is 53.6 Å². The van der Waals surface area contributed by atoms with Gasteiger partial charge < -0.3 is 21.4 Å². The summed E-state index contributed by atoms with van der Waals surface area (Å²) in [5.41, 5.74) is 5.55. The lowest BCUT2D eigenvalue weighted by atomic mass is 9.96. The molecule has 11 heteroatoms. The number of rotatable bonds is 6. The fourth-order valence-electron chi connectivity index (χ4n) is 5.16. The van der Waals surface area contributed by atoms with Crippen molar-refractivity contribution in [3.63, 3.8) is 0 Å². The third kappa shape index (κ3) is 6.16. The van der Waals surface area contributed by atoms with Gasteiger partial charge in [-0.05, 0) is 44.0 Å². The number of fused-ring (bicyclic) bond motifs is 2. The van der Waals surface area contributed by atoms with E-state index in [4.69, 9.17) is 10.4 Å². The molecule has 4 aromatic rings. The normalized spacial score (nSPS) is 17.5. The minimum absolute atomic E-state index is 0.133. The molecule has 5 N–H and O–H groups in total. The van der Waals surface area contributed by atoms with E-state index in [0.29, 0.717) is 42.2 Å². The van der Waals surface area contributed by atoms with Gasteiger partial charge in [0.15, 0.2) is 5.70 Å². The number of hydrogen-bond donors (Lipinski definition) is 4. The Morgan fingerprint density at radius 1 is 1.07 bits per heavy atom. The minimum Gasteiger partial charge on any atom is -0.338 e. The van der Waals surface area contributed by atoms with Gasteiger partial charge in [-0.1, -0.05) is 25.0 Å². The number of carbonyl (C=O) groups excluding carboxylic acids is 1. The van der Waals surface area contributed by atoms with Crippen LogP contribution in [-0.2, 0) is 4.79 Å². The van der Waals surface area contributed by atoms with Crippen LogP contribution >= 0.6 is 0 Å². The zero-order chi connectivity index (χ0) is 29.6. The third-order valence-corrected chi connectivity index (χ3v) is 7.43. The Balaban J connectivity index is 1.56. The van der Waals surface area contributed by atoms with Crippen molar-refractivity contribution in [2.45, 2.75) is 39.2 Å². The fourth-order valence-corrected chi connectivity index (χ4v) is 5.16. The van der Waals surface area contributed by atoms with Crippen molar-refractivity contribution in [3.05, 3.63) is 100 Å². The van der Waals surface area contributed by atoms with E-state index in [-0.39, 0.29) is 23.4 Å². The molecule has 5 rings (SSSR count). The predicted octanol–water partition coefficient (Wildman–Crippen LogP) is 3.18. The minimum atomic E-state index is -0.384. The molecule has 214 valence electrons. The molecule has 1 amide bonds. The van der Waals surface area contributed by atoms with Crippen LogP contribution in [0.2, 0.25) is 0 Å². The van der Waals surface area contributed by atoms with Crippen LogP contribution in [0.15, 0.2) is 78.0 Å². The lowest BCUT2D eigenvalue weighted by Gasteiger charge is -2.22. The molecular formula is C31H34N9O2+. The molecule has 2 bridgehead atoms. The lowest BCUT2D eigenvalue weighted by Crippen LogP contribution is -2.77. The highest BCUT2D eigenvalue weighted by Crippen LogP contribution is 2.30. The van der Waals surface area contributed by atoms with Crippen LogP contribution in [0, 0.1) is 18.3 Å². The molecule has 1 aliphatic rings. The van der Waals surface area contributed by atoms with Crippen molar-refractivity contribution < 1.29 is 10.1 Å². The molecule has 0 spiro atoms. The summed E-state index contributed by atoms with van der Waals surface area (Å²) in [5, 5.41) is 16.0. The van der Waals surface area contributed by atoms with E-state index in [1.807, 2.05) is 56.5 Å². The Labute approximate surface area is 243 Å². The van der Waals surface area contributed by atoms with E-state index in [9.17, 15) is 9.59 Å². The Morgan fingerprint density at radius 2 is 1.93 bits per heavy atom. The van der Waals surface area contributed by atoms with Crippen LogP contribution in [0.4, 0.5) is 11.5 Å². The maximum atomic E-state index is 13.7. The van der Waals surface area contributed by atoms with Crippen molar-refractivity contribution in [3.8, 4) is 11.3 Å². The standard InChI is InChI=1S/C31H33N9O2/c1-19-7-8-23(38-28-17-34-11-12-36-28)22(13-19)24-15-29(41)40(18-37-24)27-6-4-5-20(2)31(42)39-26(16-32)30(33-3)21-9-10-35-25(27)14-21/h7-18,20,27,32-33H,4-6H2,1-3H3,(H,36,38)(H,39,42)/p+1. The molecule has 0 saturated carbocycles. The summed E-state index contributed by atoms with van der Waals surface area (Å²) in [5.74, 6) is 0.191. The highest BCUT2D eigenvalue weighted by atomic mass is 16.2. The van der Waals surface area contributed by atoms with Gasteiger partial charge >= 0.3 is 0 Å². The topological polar surface area (TPSA) is 155 Å². The molecule has 2 atom stereocenters. The molecule has 0 radical (unpaired) electrons. The number of anilines is 2. The largest absolute Gasteiger partial charge is 0.338 e. The predicted molar refractivity (Wildman–Crippen MR) is 161 cm³/mol. The third-order valence-electron chi connectivity index (χ3n) is 7.43. The van der Waals surface area contributed by atoms with E-state index in [1.165, 1.54) is 0 Å². The van der Waals surface area contributed by atoms with Gasteiger partial charge in [-0.15, -0.1) is 0 Å². The van der Waals surface area contributed by atoms with Crippen LogP contribution in [-0.4, -0.2) is 43.7 Å². The number of benzene rings is 1. The Morgan fingerprint density at radius 3 is 2.67 bits per heavy atom. The number of hydrogen-bond acceptors (Lipinski definition) is 8. The maximum Gasteiger partial charge on any atom is 0.254 e. The van der Waals surface area contributed by atoms with Gasteiger partial charge in [-0.25, -0.2) is 9.97 Å². The molecule has 0 saturated heterocycles. The summed E-state index contributed by atoms with van der Waals surface area (Å²) in [4.78, 5) is 44.4. The van der Waals surface area contributed by atoms with Crippen LogP contribution in [0.25, 0.3) is 17.0 Å². The maximum absolute atomic E-state index is 13.7. The number of pyridine rings is 1. The van der Waals surface area contributed by atoms with Crippen LogP contribution in [0.3, 0.4) is 0 Å². The van der Waals surface area contributed by atoms with Crippen LogP contribution < -0.4 is 21.5 Å². The number of nitrogens with one attached hydrogen (secondary N) is 3. The summed E-state index contributed by atoms with van der Waals surface area (Å²) < 4.78 is 1.62. The van der Waals surface area contributed by atoms with Crippen molar-refractivity contribution in [1.82, 2.24) is 29.8 Å². The first kappa shape index (κ1) is 28.5. The van der Waals surface area contributed by atoms with E-state index in [1.54, 1.807) is 41.7 Å². The zero-order valence-corrected chi connectivity index (χ0v) is 23.8. The SMILES string of the molecule is C[NH2+]C1=C(C=N)NC(=O)C(C)CCCC(n2cnc(-c3cc(C)ccc3Nc3cnccn3)cc2=O)c2cc1ccn2. The summed E-state index contributed by atoms with van der Waals surface area (Å²) in [6.45, 7) is 3.86. The average Bonchev–Trinajstić information content (AvgIpc) is 3.00. The number of aromatic nitrogens is 5. The van der Waals surface area contributed by atoms with Crippen molar-refractivity contribution >= 4 is 29.3 Å². The Kier molecular flexibility index (Phi) is 8.58. The first-order chi connectivity index (χ1) is 20.4. The molecule has 0 fully saturated rings. The van der Waals surface area contributed by atoms with Gasteiger partial charge in [0.25, 0.3) is 5.56 Å². The van der Waals surface area contributed by atoms with E-state index in [0.717, 1.165) is 34.3 Å². The van der Waals surface area contributed by atoms with Gasteiger partial charge in [-0.2, -0.15) is 0 Å². The van der Waals surface area contributed by atoms with E-state index < -0.39 is 0 Å². The van der Waals surface area contributed by atoms with Gasteiger partial charge in [0.1, 0.15) is 11.5 Å². The number of nitrogens with zero attached hydrogens (tertiary/aromatic N) is 5. The molecule has 11 nitrogen and oxygen atoms in total. The average molecular weight is 565 g/mol. The second-order valence-corrected chi connectivity index (χ2v) is 10.4. The van der Waals surface area contributed by atoms with Crippen molar-refractivity contribution in [1.29, 1.82) is 5.41 Å². The zero-order valence-electron chi connectivity index (χ0n) is 23.8. The van der Waals surface area contributed by atoms with E-state index >= 15 is 0 Å². The highest BCUT2D eigenvalue weighted by Gasteiger charge is 2.24. The monoisotopic (exact) mass is 564 g/mol. The molecule has 4 heterocycles. The van der Waals surface area contributed by atoms with Crippen molar-refractivity contribution in [2.24, 2.45) is 5.92 Å². The summed E-state index contributed by atoms with van der Waals surface area (Å²) in [6.07, 6.45) is 11.2. The second-order valence-electron chi connectivity index (χ2n) is 10.4. The first-order valence-electron chi connectivity index (χ1n) is 13.9. The van der Waals surface area contributed by atoms with Crippen LogP contribution in [0.5, 0.6) is 0 Å². The second kappa shape index (κ2) is 12.6. The van der Waals surface area contributed by atoms with Crippen molar-refractivity contribution in [2.75, 3.05) is 12.4 Å². The van der Waals surface area contributed by atoms with Gasteiger partial charge in [-0.3, -0.25) is 24.1 Å². The Bertz CT molecular complexity index is 1700. The van der Waals surface area contributed by atoms with E-state index in [2.05, 4.69) is 25.6 Å². The smallest absolute Gasteiger partial charge is 0.254 e. The molecule has 1 aliphatic heterocycles. The molecule has 3 aromatic heterocycles. The van der Waals surface area contributed by atoms with Gasteiger partial charge in [0.2, 0.25) is 5.91 Å². The first-order valence-corrected chi connectivity index (χ1v) is 13.9. The fraction of sp³-hybridized carbons (Fsp3) is 0.258. The number of aryl methyl sites for hydroxylation is 1. The van der Waals surface area contributed by atoms with Crippen LogP contribution in [0.1, 0.15) is 49.0 Å². The molecule has 2 unspecified atom stereocenters. The summed E-state index contributed by atoms with van der Waals surface area (Å²) in [6, 6.07) is 10.8. The highest BCUT2D eigenvalue weighted by molar-refractivity contribution is 5.93. The number of nitrogens with two attached hydrogens (primary N) is 1. The summed E-state index contributed by atoms with van der Waals surface area (Å²) in [7, 11) is 1.86. The number of allylic oxidation sites excluding steroid dienone is 1. The molecule has 42 heavy (non-hydrogen) atoms. The summed E-state index contributed by atoms with van der Waals surface area (Å²) >= 11 is 0. The number of carbonyl (C=O) groups is 1. The molecule has 1 aromatic carbocycles. The lowest BCUT2D eigenvalue weighted by molar-refractivity contribution is -0.531. The number of amides is 1. The Hall–Kier alpha value is -5.03. The molecular weight excluding hydrogens is 530 g/mol. The van der Waals surface area contributed by atoms with Gasteiger partial charge in [0.05, 0.1) is 37.0 Å².